The monoisotopic (exact) mass is 495 g/mol. The van der Waals surface area contributed by atoms with E-state index in [-0.39, 0.29) is 5.91 Å². The molecule has 0 aliphatic carbocycles. The van der Waals surface area contributed by atoms with Gasteiger partial charge in [-0.3, -0.25) is 14.6 Å². The Labute approximate surface area is 200 Å². The summed E-state index contributed by atoms with van der Waals surface area (Å²) in [4.78, 5) is 27.5. The number of hydrogen-bond donors (Lipinski definition) is 2. The zero-order valence-electron chi connectivity index (χ0n) is 18.4. The maximum Gasteiger partial charge on any atom is 0.416 e. The molecule has 0 unspecified atom stereocenters. The Morgan fingerprint density at radius 3 is 2.53 bits per heavy atom. The minimum atomic E-state index is -4.36. The second-order valence-corrected chi connectivity index (χ2v) is 9.14. The van der Waals surface area contributed by atoms with Crippen LogP contribution in [0.25, 0.3) is 0 Å². The van der Waals surface area contributed by atoms with Crippen molar-refractivity contribution < 1.29 is 27.9 Å². The van der Waals surface area contributed by atoms with E-state index in [0.29, 0.717) is 49.7 Å². The van der Waals surface area contributed by atoms with Gasteiger partial charge >= 0.3 is 12.3 Å². The molecule has 182 valence electrons. The molecular formula is C24H25ClF3N3O3. The number of anilines is 1. The fraction of sp³-hybridized carbons (Fsp3) is 0.417. The van der Waals surface area contributed by atoms with Crippen LogP contribution in [0, 0.1) is 0 Å². The quantitative estimate of drug-likeness (QED) is 0.596. The summed E-state index contributed by atoms with van der Waals surface area (Å²) >= 11 is 6.53. The Bertz CT molecular complexity index is 1080. The first-order valence-corrected chi connectivity index (χ1v) is 11.5. The molecule has 0 spiro atoms. The molecule has 0 aromatic heterocycles. The number of nitrogens with one attached hydrogen (secondary N) is 1. The zero-order valence-corrected chi connectivity index (χ0v) is 19.1. The van der Waals surface area contributed by atoms with Crippen molar-refractivity contribution in [2.24, 2.45) is 0 Å². The maximum absolute atomic E-state index is 12.8. The molecule has 34 heavy (non-hydrogen) atoms. The van der Waals surface area contributed by atoms with E-state index in [2.05, 4.69) is 10.2 Å². The van der Waals surface area contributed by atoms with E-state index in [4.69, 9.17) is 11.6 Å². The second kappa shape index (κ2) is 9.84. The first-order chi connectivity index (χ1) is 16.1. The molecular weight excluding hydrogens is 471 g/mol. The lowest BCUT2D eigenvalue weighted by molar-refractivity contribution is -0.137. The maximum atomic E-state index is 12.8. The van der Waals surface area contributed by atoms with Gasteiger partial charge in [-0.05, 0) is 66.6 Å². The molecule has 0 radical (unpaired) electrons. The molecule has 6 nitrogen and oxygen atoms in total. The number of rotatable bonds is 4. The van der Waals surface area contributed by atoms with E-state index in [1.807, 2.05) is 6.07 Å². The van der Waals surface area contributed by atoms with Gasteiger partial charge in [0.2, 0.25) is 5.91 Å². The Kier molecular flexibility index (Phi) is 7.04. The third-order valence-electron chi connectivity index (χ3n) is 6.37. The number of nitrogens with zero attached hydrogens (tertiary/aromatic N) is 2. The molecule has 2 aromatic rings. The lowest BCUT2D eigenvalue weighted by atomic mass is 9.97. The van der Waals surface area contributed by atoms with Crippen LogP contribution in [0.1, 0.15) is 41.5 Å². The number of alkyl halides is 3. The molecule has 0 bridgehead atoms. The number of hydrogen-bond acceptors (Lipinski definition) is 3. The average molecular weight is 496 g/mol. The van der Waals surface area contributed by atoms with Crippen molar-refractivity contribution in [2.45, 2.75) is 51.0 Å². The van der Waals surface area contributed by atoms with E-state index in [9.17, 15) is 27.9 Å². The summed E-state index contributed by atoms with van der Waals surface area (Å²) in [6, 6.07) is 7.96. The van der Waals surface area contributed by atoms with Crippen LogP contribution in [-0.2, 0) is 30.5 Å². The molecule has 2 aliphatic heterocycles. The smallest absolute Gasteiger partial charge is 0.416 e. The lowest BCUT2D eigenvalue weighted by Crippen LogP contribution is -2.49. The van der Waals surface area contributed by atoms with Gasteiger partial charge in [-0.25, -0.2) is 4.79 Å². The molecule has 1 atom stereocenters. The minimum absolute atomic E-state index is 0.340. The van der Waals surface area contributed by atoms with Gasteiger partial charge in [0, 0.05) is 36.9 Å². The van der Waals surface area contributed by atoms with Crippen molar-refractivity contribution in [3.63, 3.8) is 0 Å². The number of fused-ring (bicyclic) bond motifs is 1. The highest BCUT2D eigenvalue weighted by Crippen LogP contribution is 2.32. The van der Waals surface area contributed by atoms with E-state index < -0.39 is 23.9 Å². The van der Waals surface area contributed by atoms with Crippen LogP contribution < -0.4 is 5.32 Å². The van der Waals surface area contributed by atoms with Crippen molar-refractivity contribution >= 4 is 29.3 Å². The SMILES string of the molecule is O=C(Nc1cc(Cl)c2c(c1)CCN(Cc1ccc(C(F)(F)F)cc1)C2)[C@H]1CCCCN1C(=O)O. The zero-order chi connectivity index (χ0) is 24.5. The van der Waals surface area contributed by atoms with E-state index in [0.717, 1.165) is 41.7 Å². The number of carbonyl (C=O) groups is 2. The molecule has 10 heteroatoms. The summed E-state index contributed by atoms with van der Waals surface area (Å²) in [5, 5.41) is 12.7. The lowest BCUT2D eigenvalue weighted by Gasteiger charge is -2.33. The summed E-state index contributed by atoms with van der Waals surface area (Å²) < 4.78 is 38.3. The van der Waals surface area contributed by atoms with E-state index in [1.54, 1.807) is 6.07 Å². The van der Waals surface area contributed by atoms with Crippen molar-refractivity contribution in [1.82, 2.24) is 9.80 Å². The van der Waals surface area contributed by atoms with Crippen molar-refractivity contribution in [3.8, 4) is 0 Å². The molecule has 4 rings (SSSR count). The predicted molar refractivity (Wildman–Crippen MR) is 122 cm³/mol. The largest absolute Gasteiger partial charge is 0.465 e. The third-order valence-corrected chi connectivity index (χ3v) is 6.71. The van der Waals surface area contributed by atoms with Gasteiger partial charge in [-0.1, -0.05) is 23.7 Å². The molecule has 0 saturated carbocycles. The topological polar surface area (TPSA) is 72.9 Å². The summed E-state index contributed by atoms with van der Waals surface area (Å²) in [7, 11) is 0. The normalized spacial score (nSPS) is 18.9. The summed E-state index contributed by atoms with van der Waals surface area (Å²) in [6.45, 7) is 2.07. The Hall–Kier alpha value is -2.78. The second-order valence-electron chi connectivity index (χ2n) is 8.73. The predicted octanol–water partition coefficient (Wildman–Crippen LogP) is 5.39. The van der Waals surface area contributed by atoms with Gasteiger partial charge in [-0.2, -0.15) is 13.2 Å². The summed E-state index contributed by atoms with van der Waals surface area (Å²) in [5.41, 5.74) is 2.55. The fourth-order valence-corrected chi connectivity index (χ4v) is 4.90. The Morgan fingerprint density at radius 1 is 1.12 bits per heavy atom. The van der Waals surface area contributed by atoms with Crippen LogP contribution >= 0.6 is 11.6 Å². The van der Waals surface area contributed by atoms with Crippen LogP contribution in [0.5, 0.6) is 0 Å². The molecule has 2 aliphatic rings. The Morgan fingerprint density at radius 2 is 1.85 bits per heavy atom. The van der Waals surface area contributed by atoms with Crippen molar-refractivity contribution in [3.05, 3.63) is 63.7 Å². The van der Waals surface area contributed by atoms with Crippen LogP contribution in [0.2, 0.25) is 5.02 Å². The van der Waals surface area contributed by atoms with Crippen LogP contribution in [0.15, 0.2) is 36.4 Å². The average Bonchev–Trinajstić information content (AvgIpc) is 2.79. The van der Waals surface area contributed by atoms with Crippen LogP contribution in [0.4, 0.5) is 23.7 Å². The first kappa shape index (κ1) is 24.3. The van der Waals surface area contributed by atoms with Crippen molar-refractivity contribution in [2.75, 3.05) is 18.4 Å². The third kappa shape index (κ3) is 5.47. The first-order valence-electron chi connectivity index (χ1n) is 11.1. The highest BCUT2D eigenvalue weighted by atomic mass is 35.5. The van der Waals surface area contributed by atoms with E-state index >= 15 is 0 Å². The summed E-state index contributed by atoms with van der Waals surface area (Å²) in [5.74, 6) is -0.363. The molecule has 2 N–H and O–H groups in total. The number of likely N-dealkylation sites (tertiary alicyclic amines) is 1. The minimum Gasteiger partial charge on any atom is -0.465 e. The fourth-order valence-electron chi connectivity index (χ4n) is 4.60. The molecule has 2 aromatic carbocycles. The van der Waals surface area contributed by atoms with Gasteiger partial charge in [-0.15, -0.1) is 0 Å². The molecule has 2 amide bonds. The van der Waals surface area contributed by atoms with Gasteiger partial charge < -0.3 is 10.4 Å². The number of halogens is 4. The molecule has 1 saturated heterocycles. The van der Waals surface area contributed by atoms with Gasteiger partial charge in [0.05, 0.1) is 5.56 Å². The van der Waals surface area contributed by atoms with E-state index in [1.165, 1.54) is 17.0 Å². The van der Waals surface area contributed by atoms with Gasteiger partial charge in [0.15, 0.2) is 0 Å². The highest BCUT2D eigenvalue weighted by molar-refractivity contribution is 6.31. The van der Waals surface area contributed by atoms with Gasteiger partial charge in [0.1, 0.15) is 6.04 Å². The number of benzene rings is 2. The molecule has 2 heterocycles. The Balaban J connectivity index is 1.42. The van der Waals surface area contributed by atoms with Gasteiger partial charge in [0.25, 0.3) is 0 Å². The number of piperidine rings is 1. The number of carbonyl (C=O) groups excluding carboxylic acids is 1. The number of amides is 2. The highest BCUT2D eigenvalue weighted by Gasteiger charge is 2.32. The van der Waals surface area contributed by atoms with Crippen LogP contribution in [0.3, 0.4) is 0 Å². The van der Waals surface area contributed by atoms with Crippen molar-refractivity contribution in [1.29, 1.82) is 0 Å². The number of carboxylic acid groups (broad SMARTS) is 1. The summed E-state index contributed by atoms with van der Waals surface area (Å²) in [6.07, 6.45) is -2.77. The molecule has 1 fully saturated rings. The van der Waals surface area contributed by atoms with Crippen LogP contribution in [-0.4, -0.2) is 46.0 Å². The standard InChI is InChI=1S/C24H25ClF3N3O3/c25-20-12-18(29-22(32)21-3-1-2-9-31(21)23(33)34)11-16-8-10-30(14-19(16)20)13-15-4-6-17(7-5-15)24(26,27)28/h4-7,11-12,21H,1-3,8-10,13-14H2,(H,29,32)(H,33,34)/t21-/m1/s1.